The number of ether oxygens (including phenoxy) is 1. The summed E-state index contributed by atoms with van der Waals surface area (Å²) in [7, 11) is 0. The predicted molar refractivity (Wildman–Crippen MR) is 106 cm³/mol. The van der Waals surface area contributed by atoms with Gasteiger partial charge in [0.1, 0.15) is 5.82 Å². The molecule has 0 aliphatic rings. The van der Waals surface area contributed by atoms with E-state index in [0.717, 1.165) is 37.0 Å². The van der Waals surface area contributed by atoms with Gasteiger partial charge < -0.3 is 10.1 Å². The largest absolute Gasteiger partial charge is 0.381 e. The molecule has 1 aromatic carbocycles. The zero-order chi connectivity index (χ0) is 19.9. The predicted octanol–water partition coefficient (Wildman–Crippen LogP) is 3.78. The molecule has 1 N–H and O–H groups in total. The van der Waals surface area contributed by atoms with Crippen molar-refractivity contribution in [1.29, 1.82) is 0 Å². The lowest BCUT2D eigenvalue weighted by atomic mass is 10.1. The third-order valence-corrected chi connectivity index (χ3v) is 4.56. The zero-order valence-electron chi connectivity index (χ0n) is 16.2. The lowest BCUT2D eigenvalue weighted by molar-refractivity contribution is 0.0939. The molecule has 3 aromatic rings. The highest BCUT2D eigenvalue weighted by Crippen LogP contribution is 2.24. The Balaban J connectivity index is 1.67. The topological polar surface area (TPSA) is 68.5 Å². The molecule has 6 nitrogen and oxygen atoms in total. The Morgan fingerprint density at radius 1 is 1.18 bits per heavy atom. The standard InChI is InChI=1S/C21H25FN4O2/c1-3-4-11-28-12-5-10-23-21(27)18-13-24-20-19(14-25-26(20)15(18)2)16-6-8-17(22)9-7-16/h6-9,13-14H,3-5,10-12H2,1-2H3,(H,23,27). The van der Waals surface area contributed by atoms with E-state index in [1.165, 1.54) is 12.1 Å². The van der Waals surface area contributed by atoms with E-state index >= 15 is 0 Å². The fourth-order valence-electron chi connectivity index (χ4n) is 2.92. The van der Waals surface area contributed by atoms with Gasteiger partial charge in [0.15, 0.2) is 5.65 Å². The first-order chi connectivity index (χ1) is 13.6. The van der Waals surface area contributed by atoms with E-state index in [1.54, 1.807) is 29.0 Å². The highest BCUT2D eigenvalue weighted by Gasteiger charge is 2.16. The first-order valence-electron chi connectivity index (χ1n) is 9.57. The van der Waals surface area contributed by atoms with E-state index in [4.69, 9.17) is 4.74 Å². The zero-order valence-corrected chi connectivity index (χ0v) is 16.2. The van der Waals surface area contributed by atoms with E-state index in [9.17, 15) is 9.18 Å². The van der Waals surface area contributed by atoms with Gasteiger partial charge in [0.05, 0.1) is 17.5 Å². The quantitative estimate of drug-likeness (QED) is 0.570. The van der Waals surface area contributed by atoms with Crippen LogP contribution in [0.1, 0.15) is 42.2 Å². The number of unbranched alkanes of at least 4 members (excludes halogenated alkanes) is 1. The summed E-state index contributed by atoms with van der Waals surface area (Å²) in [5, 5.41) is 7.26. The molecule has 0 spiro atoms. The minimum atomic E-state index is -0.293. The number of rotatable bonds is 9. The van der Waals surface area contributed by atoms with Crippen LogP contribution in [0.5, 0.6) is 0 Å². The smallest absolute Gasteiger partial charge is 0.254 e. The molecule has 0 aliphatic heterocycles. The fourth-order valence-corrected chi connectivity index (χ4v) is 2.92. The Kier molecular flexibility index (Phi) is 6.71. The summed E-state index contributed by atoms with van der Waals surface area (Å²) in [4.78, 5) is 16.9. The average Bonchev–Trinajstić information content (AvgIpc) is 3.13. The summed E-state index contributed by atoms with van der Waals surface area (Å²) >= 11 is 0. The number of aromatic nitrogens is 3. The number of carbonyl (C=O) groups is 1. The molecule has 0 radical (unpaired) electrons. The molecule has 0 atom stereocenters. The van der Waals surface area contributed by atoms with Crippen molar-refractivity contribution in [2.24, 2.45) is 0 Å². The van der Waals surface area contributed by atoms with Crippen LogP contribution in [0.25, 0.3) is 16.8 Å². The number of aryl methyl sites for hydroxylation is 1. The minimum Gasteiger partial charge on any atom is -0.381 e. The van der Waals surface area contributed by atoms with Gasteiger partial charge in [-0.1, -0.05) is 25.5 Å². The van der Waals surface area contributed by atoms with Crippen LogP contribution in [0, 0.1) is 12.7 Å². The van der Waals surface area contributed by atoms with Gasteiger partial charge in [-0.15, -0.1) is 0 Å². The number of fused-ring (bicyclic) bond motifs is 1. The number of hydrogen-bond acceptors (Lipinski definition) is 4. The van der Waals surface area contributed by atoms with Crippen molar-refractivity contribution in [2.75, 3.05) is 19.8 Å². The van der Waals surface area contributed by atoms with Gasteiger partial charge >= 0.3 is 0 Å². The van der Waals surface area contributed by atoms with Crippen LogP contribution in [0.15, 0.2) is 36.7 Å². The first kappa shape index (κ1) is 19.9. The maximum absolute atomic E-state index is 13.2. The fraction of sp³-hybridized carbons (Fsp3) is 0.381. The second kappa shape index (κ2) is 9.41. The summed E-state index contributed by atoms with van der Waals surface area (Å²) in [6, 6.07) is 6.18. The summed E-state index contributed by atoms with van der Waals surface area (Å²) in [6.45, 7) is 5.90. The molecule has 3 rings (SSSR count). The molecule has 0 aliphatic carbocycles. The van der Waals surface area contributed by atoms with Crippen molar-refractivity contribution in [1.82, 2.24) is 19.9 Å². The highest BCUT2D eigenvalue weighted by molar-refractivity contribution is 5.95. The summed E-state index contributed by atoms with van der Waals surface area (Å²) in [5.74, 6) is -0.474. The number of amides is 1. The van der Waals surface area contributed by atoms with Crippen LogP contribution in [0.2, 0.25) is 0 Å². The molecule has 1 amide bonds. The van der Waals surface area contributed by atoms with Crippen LogP contribution in [-0.2, 0) is 4.74 Å². The van der Waals surface area contributed by atoms with Crippen molar-refractivity contribution < 1.29 is 13.9 Å². The maximum Gasteiger partial charge on any atom is 0.254 e. The van der Waals surface area contributed by atoms with Gasteiger partial charge in [-0.25, -0.2) is 13.9 Å². The monoisotopic (exact) mass is 384 g/mol. The molecule has 148 valence electrons. The van der Waals surface area contributed by atoms with E-state index in [2.05, 4.69) is 22.3 Å². The van der Waals surface area contributed by atoms with Gasteiger partial charge in [0.2, 0.25) is 0 Å². The lowest BCUT2D eigenvalue weighted by Crippen LogP contribution is -2.27. The second-order valence-electron chi connectivity index (χ2n) is 6.63. The number of hydrogen-bond donors (Lipinski definition) is 1. The van der Waals surface area contributed by atoms with Crippen LogP contribution in [0.3, 0.4) is 0 Å². The van der Waals surface area contributed by atoms with Crippen molar-refractivity contribution in [3.8, 4) is 11.1 Å². The van der Waals surface area contributed by atoms with E-state index < -0.39 is 0 Å². The van der Waals surface area contributed by atoms with Crippen LogP contribution < -0.4 is 5.32 Å². The molecular weight excluding hydrogens is 359 g/mol. The van der Waals surface area contributed by atoms with E-state index in [1.807, 2.05) is 6.92 Å². The molecule has 0 fully saturated rings. The molecule has 0 saturated carbocycles. The molecule has 28 heavy (non-hydrogen) atoms. The summed E-state index contributed by atoms with van der Waals surface area (Å²) in [5.41, 5.74) is 3.43. The van der Waals surface area contributed by atoms with Gasteiger partial charge in [0, 0.05) is 31.5 Å². The first-order valence-corrected chi connectivity index (χ1v) is 9.57. The van der Waals surface area contributed by atoms with Gasteiger partial charge in [-0.2, -0.15) is 5.10 Å². The maximum atomic E-state index is 13.2. The van der Waals surface area contributed by atoms with Crippen LogP contribution in [0.4, 0.5) is 4.39 Å². The Hall–Kier alpha value is -2.80. The molecule has 0 bridgehead atoms. The molecule has 0 saturated heterocycles. The van der Waals surface area contributed by atoms with E-state index in [-0.39, 0.29) is 11.7 Å². The highest BCUT2D eigenvalue weighted by atomic mass is 19.1. The summed E-state index contributed by atoms with van der Waals surface area (Å²) < 4.78 is 20.3. The molecule has 0 unspecified atom stereocenters. The van der Waals surface area contributed by atoms with E-state index in [0.29, 0.717) is 30.1 Å². The number of carbonyl (C=O) groups excluding carboxylic acids is 1. The SMILES string of the molecule is CCCCOCCCNC(=O)c1cnc2c(-c3ccc(F)cc3)cnn2c1C. The van der Waals surface area contributed by atoms with Gasteiger partial charge in [-0.05, 0) is 37.5 Å². The molecule has 2 heterocycles. The third-order valence-electron chi connectivity index (χ3n) is 4.56. The third kappa shape index (κ3) is 4.54. The van der Waals surface area contributed by atoms with Crippen molar-refractivity contribution in [3.05, 3.63) is 53.7 Å². The Labute approximate surface area is 163 Å². The number of nitrogens with zero attached hydrogens (tertiary/aromatic N) is 3. The number of benzene rings is 1. The van der Waals surface area contributed by atoms with Crippen molar-refractivity contribution in [3.63, 3.8) is 0 Å². The van der Waals surface area contributed by atoms with Gasteiger partial charge in [0.25, 0.3) is 5.91 Å². The number of nitrogens with one attached hydrogen (secondary N) is 1. The normalized spacial score (nSPS) is 11.1. The Bertz CT molecular complexity index is 937. The molecule has 7 heteroatoms. The van der Waals surface area contributed by atoms with Crippen LogP contribution >= 0.6 is 0 Å². The van der Waals surface area contributed by atoms with Crippen molar-refractivity contribution >= 4 is 11.6 Å². The molecular formula is C21H25FN4O2. The Morgan fingerprint density at radius 2 is 1.93 bits per heavy atom. The van der Waals surface area contributed by atoms with Crippen LogP contribution in [-0.4, -0.2) is 40.3 Å². The number of halogens is 1. The summed E-state index contributed by atoms with van der Waals surface area (Å²) in [6.07, 6.45) is 6.17. The lowest BCUT2D eigenvalue weighted by Gasteiger charge is -2.09. The second-order valence-corrected chi connectivity index (χ2v) is 6.63. The minimum absolute atomic E-state index is 0.181. The Morgan fingerprint density at radius 3 is 2.68 bits per heavy atom. The van der Waals surface area contributed by atoms with Gasteiger partial charge in [-0.3, -0.25) is 4.79 Å². The van der Waals surface area contributed by atoms with Crippen molar-refractivity contribution in [2.45, 2.75) is 33.1 Å². The molecule has 2 aromatic heterocycles. The average molecular weight is 384 g/mol.